The van der Waals surface area contributed by atoms with Gasteiger partial charge < -0.3 is 5.73 Å². The van der Waals surface area contributed by atoms with Gasteiger partial charge in [-0.05, 0) is 30.7 Å². The van der Waals surface area contributed by atoms with E-state index < -0.39 is 0 Å². The molecule has 1 rings (SSSR count). The highest BCUT2D eigenvalue weighted by Crippen LogP contribution is 2.09. The summed E-state index contributed by atoms with van der Waals surface area (Å²) in [6, 6.07) is 7.75. The van der Waals surface area contributed by atoms with Crippen LogP contribution in [0, 0.1) is 0 Å². The van der Waals surface area contributed by atoms with E-state index in [0.717, 1.165) is 11.4 Å². The van der Waals surface area contributed by atoms with Gasteiger partial charge in [-0.25, -0.2) is 0 Å². The molecule has 0 heterocycles. The first-order valence-electron chi connectivity index (χ1n) is 3.27. The predicted octanol–water partition coefficient (Wildman–Crippen LogP) is 2.46. The highest BCUT2D eigenvalue weighted by Gasteiger charge is 1.89. The molecule has 0 saturated carbocycles. The Balaban J connectivity index is 0.000001000. The second-order valence-corrected chi connectivity index (χ2v) is 2.60. The Morgan fingerprint density at radius 1 is 1.18 bits per heavy atom. The highest BCUT2D eigenvalue weighted by atomic mass is 127. The molecule has 11 heavy (non-hydrogen) atoms. The fourth-order valence-electron chi connectivity index (χ4n) is 0.818. The molecule has 62 valence electrons. The van der Waals surface area contributed by atoms with Crippen LogP contribution >= 0.6 is 35.6 Å². The van der Waals surface area contributed by atoms with Crippen molar-refractivity contribution in [2.24, 2.45) is 5.73 Å². The smallest absolute Gasteiger partial charge is 0.0406 e. The molecule has 0 radical (unpaired) electrons. The molecule has 1 nitrogen and oxygen atoms in total. The van der Waals surface area contributed by atoms with E-state index in [1.165, 1.54) is 5.56 Å². The topological polar surface area (TPSA) is 26.0 Å². The fourth-order valence-corrected chi connectivity index (χ4v) is 0.944. The van der Waals surface area contributed by atoms with Crippen LogP contribution in [-0.4, -0.2) is 6.54 Å². The Kier molecular flexibility index (Phi) is 5.91. The summed E-state index contributed by atoms with van der Waals surface area (Å²) in [5.41, 5.74) is 6.61. The molecule has 0 aliphatic rings. The molecule has 0 aliphatic heterocycles. The third kappa shape index (κ3) is 3.94. The molecule has 0 fully saturated rings. The van der Waals surface area contributed by atoms with Crippen molar-refractivity contribution in [3.63, 3.8) is 0 Å². The maximum Gasteiger partial charge on any atom is 0.0406 e. The van der Waals surface area contributed by atoms with E-state index in [-0.39, 0.29) is 24.0 Å². The zero-order chi connectivity index (χ0) is 7.40. The van der Waals surface area contributed by atoms with Crippen molar-refractivity contribution < 1.29 is 0 Å². The van der Waals surface area contributed by atoms with Crippen LogP contribution in [0.1, 0.15) is 5.56 Å². The Morgan fingerprint density at radius 3 is 2.18 bits per heavy atom. The van der Waals surface area contributed by atoms with Gasteiger partial charge in [0, 0.05) is 5.02 Å². The van der Waals surface area contributed by atoms with Gasteiger partial charge in [0.1, 0.15) is 0 Å². The van der Waals surface area contributed by atoms with Gasteiger partial charge in [-0.1, -0.05) is 23.7 Å². The number of halogens is 2. The summed E-state index contributed by atoms with van der Waals surface area (Å²) in [6.07, 6.45) is 0.928. The molecular weight excluding hydrogens is 272 g/mol. The summed E-state index contributed by atoms with van der Waals surface area (Å²) in [5.74, 6) is 0. The van der Waals surface area contributed by atoms with E-state index in [1.54, 1.807) is 0 Å². The average molecular weight is 284 g/mol. The molecule has 0 aliphatic carbocycles. The van der Waals surface area contributed by atoms with Gasteiger partial charge in [0.15, 0.2) is 0 Å². The number of rotatable bonds is 2. The van der Waals surface area contributed by atoms with Crippen LogP contribution in [0.25, 0.3) is 0 Å². The molecule has 0 unspecified atom stereocenters. The SMILES string of the molecule is I.NCCc1ccc(Cl)cc1. The second kappa shape index (κ2) is 5.80. The minimum Gasteiger partial charge on any atom is -0.330 e. The van der Waals surface area contributed by atoms with Crippen LogP contribution in [0.5, 0.6) is 0 Å². The van der Waals surface area contributed by atoms with Gasteiger partial charge in [-0.3, -0.25) is 0 Å². The minimum atomic E-state index is 0. The lowest BCUT2D eigenvalue weighted by Crippen LogP contribution is -2.01. The molecule has 3 heteroatoms. The molecular formula is C8H11ClIN. The molecule has 0 aromatic heterocycles. The standard InChI is InChI=1S/C8H10ClN.HI/c9-8-3-1-7(2-4-8)5-6-10;/h1-4H,5-6,10H2;1H. The van der Waals surface area contributed by atoms with Crippen LogP contribution in [0.4, 0.5) is 0 Å². The lowest BCUT2D eigenvalue weighted by molar-refractivity contribution is 0.969. The van der Waals surface area contributed by atoms with Crippen LogP contribution in [0.15, 0.2) is 24.3 Å². The van der Waals surface area contributed by atoms with E-state index in [1.807, 2.05) is 24.3 Å². The molecule has 0 atom stereocenters. The Hall–Kier alpha value is 0.200. The Bertz CT molecular complexity index is 198. The first-order valence-corrected chi connectivity index (χ1v) is 3.65. The van der Waals surface area contributed by atoms with E-state index in [2.05, 4.69) is 0 Å². The van der Waals surface area contributed by atoms with Crippen molar-refractivity contribution in [3.8, 4) is 0 Å². The maximum atomic E-state index is 5.68. The third-order valence-electron chi connectivity index (χ3n) is 1.35. The Morgan fingerprint density at radius 2 is 1.73 bits per heavy atom. The number of hydrogen-bond donors (Lipinski definition) is 1. The second-order valence-electron chi connectivity index (χ2n) is 2.17. The lowest BCUT2D eigenvalue weighted by atomic mass is 10.2. The third-order valence-corrected chi connectivity index (χ3v) is 1.60. The van der Waals surface area contributed by atoms with Gasteiger partial charge in [0.2, 0.25) is 0 Å². The van der Waals surface area contributed by atoms with Gasteiger partial charge >= 0.3 is 0 Å². The van der Waals surface area contributed by atoms with Crippen molar-refractivity contribution in [3.05, 3.63) is 34.9 Å². The molecule has 1 aromatic carbocycles. The summed E-state index contributed by atoms with van der Waals surface area (Å²) in [5, 5.41) is 0.778. The van der Waals surface area contributed by atoms with Gasteiger partial charge in [-0.2, -0.15) is 0 Å². The van der Waals surface area contributed by atoms with E-state index in [9.17, 15) is 0 Å². The van der Waals surface area contributed by atoms with E-state index in [0.29, 0.717) is 6.54 Å². The summed E-state index contributed by atoms with van der Waals surface area (Å²) < 4.78 is 0. The summed E-state index contributed by atoms with van der Waals surface area (Å²) in [7, 11) is 0. The monoisotopic (exact) mass is 283 g/mol. The average Bonchev–Trinajstić information content (AvgIpc) is 1.95. The Labute approximate surface area is 88.9 Å². The number of nitrogens with two attached hydrogens (primary N) is 1. The van der Waals surface area contributed by atoms with Crippen LogP contribution in [0.2, 0.25) is 5.02 Å². The van der Waals surface area contributed by atoms with Gasteiger partial charge in [0.25, 0.3) is 0 Å². The minimum absolute atomic E-state index is 0. The van der Waals surface area contributed by atoms with E-state index in [4.69, 9.17) is 17.3 Å². The van der Waals surface area contributed by atoms with Crippen LogP contribution in [-0.2, 0) is 6.42 Å². The first-order chi connectivity index (χ1) is 4.83. The van der Waals surface area contributed by atoms with Crippen molar-refractivity contribution in [1.29, 1.82) is 0 Å². The molecule has 2 N–H and O–H groups in total. The highest BCUT2D eigenvalue weighted by molar-refractivity contribution is 14.0. The molecule has 0 saturated heterocycles. The zero-order valence-electron chi connectivity index (χ0n) is 6.09. The van der Waals surface area contributed by atoms with Crippen molar-refractivity contribution in [2.75, 3.05) is 6.54 Å². The van der Waals surface area contributed by atoms with Crippen molar-refractivity contribution >= 4 is 35.6 Å². The largest absolute Gasteiger partial charge is 0.330 e. The van der Waals surface area contributed by atoms with Crippen molar-refractivity contribution in [2.45, 2.75) is 6.42 Å². The van der Waals surface area contributed by atoms with E-state index >= 15 is 0 Å². The number of benzene rings is 1. The molecule has 0 bridgehead atoms. The van der Waals surface area contributed by atoms with Crippen LogP contribution < -0.4 is 5.73 Å². The zero-order valence-corrected chi connectivity index (χ0v) is 9.17. The normalized spacial score (nSPS) is 8.91. The fraction of sp³-hybridized carbons (Fsp3) is 0.250. The summed E-state index contributed by atoms with van der Waals surface area (Å²) in [6.45, 7) is 0.696. The number of hydrogen-bond acceptors (Lipinski definition) is 1. The predicted molar refractivity (Wildman–Crippen MR) is 59.6 cm³/mol. The summed E-state index contributed by atoms with van der Waals surface area (Å²) >= 11 is 5.68. The molecule has 1 aromatic rings. The molecule has 0 spiro atoms. The van der Waals surface area contributed by atoms with Gasteiger partial charge in [0.05, 0.1) is 0 Å². The first kappa shape index (κ1) is 11.2. The van der Waals surface area contributed by atoms with Crippen LogP contribution in [0.3, 0.4) is 0 Å². The van der Waals surface area contributed by atoms with Gasteiger partial charge in [-0.15, -0.1) is 24.0 Å². The lowest BCUT2D eigenvalue weighted by Gasteiger charge is -1.96. The summed E-state index contributed by atoms with van der Waals surface area (Å²) in [4.78, 5) is 0. The molecule has 0 amide bonds. The maximum absolute atomic E-state index is 5.68. The van der Waals surface area contributed by atoms with Crippen molar-refractivity contribution in [1.82, 2.24) is 0 Å². The quantitative estimate of drug-likeness (QED) is 0.829.